The van der Waals surface area contributed by atoms with Gasteiger partial charge in [0.05, 0.1) is 5.69 Å². The van der Waals surface area contributed by atoms with Gasteiger partial charge in [-0.2, -0.15) is 0 Å². The highest BCUT2D eigenvalue weighted by molar-refractivity contribution is 6.58. The Morgan fingerprint density at radius 3 is 2.43 bits per heavy atom. The quantitative estimate of drug-likeness (QED) is 0.731. The second-order valence-corrected chi connectivity index (χ2v) is 7.93. The van der Waals surface area contributed by atoms with Crippen molar-refractivity contribution in [2.75, 3.05) is 24.5 Å². The van der Waals surface area contributed by atoms with Gasteiger partial charge in [0, 0.05) is 36.3 Å². The number of nitrogens with zero attached hydrogens (tertiary/aromatic N) is 3. The van der Waals surface area contributed by atoms with Gasteiger partial charge in [0.15, 0.2) is 0 Å². The number of aromatic nitrogens is 1. The van der Waals surface area contributed by atoms with Gasteiger partial charge in [-0.3, -0.25) is 4.79 Å². The maximum Gasteiger partial charge on any atom is 0.242 e. The van der Waals surface area contributed by atoms with E-state index in [9.17, 15) is 4.79 Å². The summed E-state index contributed by atoms with van der Waals surface area (Å²) >= 11 is 0. The summed E-state index contributed by atoms with van der Waals surface area (Å²) in [5.41, 5.74) is 3.68. The molecule has 1 aromatic carbocycles. The van der Waals surface area contributed by atoms with Crippen LogP contribution in [0.1, 0.15) is 24.8 Å². The smallest absolute Gasteiger partial charge is 0.242 e. The molecule has 2 aliphatic rings. The van der Waals surface area contributed by atoms with Crippen molar-refractivity contribution in [3.05, 3.63) is 54.2 Å². The first-order valence-electron chi connectivity index (χ1n) is 10.2. The summed E-state index contributed by atoms with van der Waals surface area (Å²) in [5, 5.41) is -1.73. The number of fused-ring (bicyclic) bond motifs is 1. The van der Waals surface area contributed by atoms with E-state index in [0.29, 0.717) is 12.2 Å². The molecule has 1 aromatic heterocycles. The molecule has 2 aliphatic heterocycles. The number of carbonyl (C=O) groups excluding carboxylic acids is 1. The van der Waals surface area contributed by atoms with Crippen molar-refractivity contribution < 1.29 is 9.53 Å². The molecule has 0 saturated carbocycles. The average Bonchev–Trinajstić information content (AvgIpc) is 3.02. The van der Waals surface area contributed by atoms with Gasteiger partial charge in [0.25, 0.3) is 0 Å². The van der Waals surface area contributed by atoms with E-state index in [4.69, 9.17) is 33.3 Å². The molecule has 1 amide bonds. The van der Waals surface area contributed by atoms with E-state index < -0.39 is 5.30 Å². The summed E-state index contributed by atoms with van der Waals surface area (Å²) in [6.07, 6.45) is 4.05. The summed E-state index contributed by atoms with van der Waals surface area (Å²) in [5.74, 6) is 1.40. The Labute approximate surface area is 181 Å². The van der Waals surface area contributed by atoms with E-state index in [1.54, 1.807) is 12.1 Å². The standard InChI is InChI=1S/C22H22B3N3O2/c1-15-13-17-7-10-19(16-5-8-18(9-6-16)30-22(23,24)25)26-21(17)28(15)14-20(29)27-11-3-2-4-12-27/h5-10H,1-4,11-14H2. The Bertz CT molecular complexity index is 951. The number of piperidine rings is 1. The number of carbonyl (C=O) groups is 1. The topological polar surface area (TPSA) is 45.7 Å². The number of rotatable bonds is 5. The lowest BCUT2D eigenvalue weighted by molar-refractivity contribution is -0.130. The lowest BCUT2D eigenvalue weighted by Crippen LogP contribution is -2.42. The van der Waals surface area contributed by atoms with Gasteiger partial charge < -0.3 is 14.5 Å². The molecule has 30 heavy (non-hydrogen) atoms. The number of hydrogen-bond donors (Lipinski definition) is 0. The maximum atomic E-state index is 12.8. The van der Waals surface area contributed by atoms with E-state index in [1.165, 1.54) is 6.42 Å². The van der Waals surface area contributed by atoms with Gasteiger partial charge in [-0.25, -0.2) is 4.98 Å². The third-order valence-electron chi connectivity index (χ3n) is 5.43. The van der Waals surface area contributed by atoms with Gasteiger partial charge in [-0.1, -0.05) is 12.6 Å². The Kier molecular flexibility index (Phi) is 5.67. The second kappa shape index (κ2) is 8.25. The molecule has 0 aliphatic carbocycles. The van der Waals surface area contributed by atoms with Crippen LogP contribution in [0.4, 0.5) is 5.82 Å². The highest BCUT2D eigenvalue weighted by atomic mass is 16.5. The minimum Gasteiger partial charge on any atom is -0.516 e. The van der Waals surface area contributed by atoms with Crippen molar-refractivity contribution in [2.45, 2.75) is 31.0 Å². The van der Waals surface area contributed by atoms with Gasteiger partial charge in [-0.15, -0.1) is 0 Å². The Hall–Kier alpha value is -2.63. The van der Waals surface area contributed by atoms with Crippen LogP contribution in [0.15, 0.2) is 48.7 Å². The Balaban J connectivity index is 1.53. The molecular weight excluding hydrogens is 371 g/mol. The molecule has 0 unspecified atom stereocenters. The van der Waals surface area contributed by atoms with Gasteiger partial charge >= 0.3 is 0 Å². The van der Waals surface area contributed by atoms with Crippen molar-refractivity contribution in [2.24, 2.45) is 0 Å². The number of hydrogen-bond acceptors (Lipinski definition) is 4. The van der Waals surface area contributed by atoms with Crippen LogP contribution in [0.3, 0.4) is 0 Å². The molecule has 4 rings (SSSR count). The minimum atomic E-state index is -1.73. The fourth-order valence-corrected chi connectivity index (χ4v) is 3.94. The number of allylic oxidation sites excluding steroid dienone is 1. The highest BCUT2D eigenvalue weighted by Gasteiger charge is 2.28. The fraction of sp³-hybridized carbons (Fsp3) is 0.364. The number of amides is 1. The summed E-state index contributed by atoms with van der Waals surface area (Å²) in [7, 11) is 16.4. The zero-order chi connectivity index (χ0) is 21.3. The number of anilines is 1. The number of ether oxygens (including phenoxy) is 1. The first kappa shape index (κ1) is 20.6. The average molecular weight is 393 g/mol. The van der Waals surface area contributed by atoms with Crippen LogP contribution >= 0.6 is 0 Å². The van der Waals surface area contributed by atoms with E-state index in [0.717, 1.165) is 54.3 Å². The molecule has 0 bridgehead atoms. The molecule has 146 valence electrons. The molecule has 2 aromatic rings. The fourth-order valence-electron chi connectivity index (χ4n) is 3.94. The van der Waals surface area contributed by atoms with Crippen LogP contribution in [-0.4, -0.2) is 64.3 Å². The lowest BCUT2D eigenvalue weighted by atomic mass is 9.52. The number of likely N-dealkylation sites (tertiary alicyclic amines) is 1. The van der Waals surface area contributed by atoms with Crippen LogP contribution in [-0.2, 0) is 11.2 Å². The van der Waals surface area contributed by atoms with Gasteiger partial charge in [0.1, 0.15) is 41.7 Å². The Morgan fingerprint density at radius 2 is 1.77 bits per heavy atom. The molecule has 1 saturated heterocycles. The van der Waals surface area contributed by atoms with Crippen LogP contribution in [0, 0.1) is 0 Å². The van der Waals surface area contributed by atoms with Crippen LogP contribution < -0.4 is 9.64 Å². The zero-order valence-electron chi connectivity index (χ0n) is 17.0. The maximum absolute atomic E-state index is 12.8. The normalized spacial score (nSPS) is 16.5. The van der Waals surface area contributed by atoms with Crippen molar-refractivity contribution in [1.29, 1.82) is 0 Å². The number of pyridine rings is 1. The monoisotopic (exact) mass is 393 g/mol. The third-order valence-corrected chi connectivity index (χ3v) is 5.43. The first-order chi connectivity index (χ1) is 14.3. The van der Waals surface area contributed by atoms with E-state index >= 15 is 0 Å². The highest BCUT2D eigenvalue weighted by Crippen LogP contribution is 2.34. The molecule has 0 atom stereocenters. The van der Waals surface area contributed by atoms with E-state index in [1.807, 2.05) is 34.1 Å². The minimum absolute atomic E-state index is 0.131. The molecule has 8 heteroatoms. The largest absolute Gasteiger partial charge is 0.516 e. The SMILES string of the molecule is [B]C([B])([B])Oc1ccc(-c2ccc3c(n2)N(CC(=O)N2CCCCC2)C(=C)C3)cc1. The van der Waals surface area contributed by atoms with Crippen LogP contribution in [0.2, 0.25) is 0 Å². The molecular formula is C22H22B3N3O2. The molecule has 1 fully saturated rings. The van der Waals surface area contributed by atoms with Crippen molar-refractivity contribution in [3.8, 4) is 17.0 Å². The predicted molar refractivity (Wildman–Crippen MR) is 121 cm³/mol. The van der Waals surface area contributed by atoms with Crippen molar-refractivity contribution >= 4 is 35.3 Å². The Morgan fingerprint density at radius 1 is 1.07 bits per heavy atom. The first-order valence-corrected chi connectivity index (χ1v) is 10.2. The summed E-state index contributed by atoms with van der Waals surface area (Å²) in [6.45, 7) is 6.11. The summed E-state index contributed by atoms with van der Waals surface area (Å²) < 4.78 is 5.25. The number of benzene rings is 1. The van der Waals surface area contributed by atoms with Gasteiger partial charge in [-0.05, 0) is 54.9 Å². The third kappa shape index (κ3) is 4.58. The molecule has 0 N–H and O–H groups in total. The second-order valence-electron chi connectivity index (χ2n) is 7.93. The lowest BCUT2D eigenvalue weighted by Gasteiger charge is -2.29. The predicted octanol–water partition coefficient (Wildman–Crippen LogP) is 2.13. The molecule has 0 spiro atoms. The zero-order valence-corrected chi connectivity index (χ0v) is 17.0. The van der Waals surface area contributed by atoms with E-state index in [2.05, 4.69) is 6.58 Å². The summed E-state index contributed by atoms with van der Waals surface area (Å²) in [4.78, 5) is 21.5. The van der Waals surface area contributed by atoms with E-state index in [-0.39, 0.29) is 12.5 Å². The van der Waals surface area contributed by atoms with Crippen molar-refractivity contribution in [3.63, 3.8) is 0 Å². The van der Waals surface area contributed by atoms with Crippen LogP contribution in [0.5, 0.6) is 5.75 Å². The van der Waals surface area contributed by atoms with Crippen molar-refractivity contribution in [1.82, 2.24) is 9.88 Å². The van der Waals surface area contributed by atoms with Crippen LogP contribution in [0.25, 0.3) is 11.3 Å². The molecule has 5 nitrogen and oxygen atoms in total. The summed E-state index contributed by atoms with van der Waals surface area (Å²) in [6, 6.07) is 11.2. The van der Waals surface area contributed by atoms with Gasteiger partial charge in [0.2, 0.25) is 5.91 Å². The molecule has 6 radical (unpaired) electrons. The molecule has 3 heterocycles.